The van der Waals surface area contributed by atoms with Gasteiger partial charge in [-0.2, -0.15) is 0 Å². The van der Waals surface area contributed by atoms with Crippen LogP contribution in [-0.4, -0.2) is 4.98 Å². The highest BCUT2D eigenvalue weighted by Crippen LogP contribution is 2.19. The van der Waals surface area contributed by atoms with Crippen molar-refractivity contribution in [1.29, 1.82) is 0 Å². The van der Waals surface area contributed by atoms with Crippen molar-refractivity contribution in [1.82, 2.24) is 4.98 Å². The largest absolute Gasteiger partial charge is 0.355 e. The van der Waals surface area contributed by atoms with E-state index in [1.54, 1.807) is 0 Å². The number of halogens is 3. The molecule has 0 radical (unpaired) electrons. The second-order valence-electron chi connectivity index (χ2n) is 3.17. The van der Waals surface area contributed by atoms with E-state index in [4.69, 9.17) is 11.6 Å². The van der Waals surface area contributed by atoms with Crippen molar-refractivity contribution in [2.75, 3.05) is 0 Å². The van der Waals surface area contributed by atoms with Crippen molar-refractivity contribution in [3.63, 3.8) is 0 Å². The molecular formula is C10H6ClF2NO. The van der Waals surface area contributed by atoms with Crippen LogP contribution in [0, 0.1) is 18.6 Å². The molecule has 0 aliphatic heterocycles. The summed E-state index contributed by atoms with van der Waals surface area (Å²) >= 11 is 5.65. The summed E-state index contributed by atoms with van der Waals surface area (Å²) in [6.07, 6.45) is 0. The summed E-state index contributed by atoms with van der Waals surface area (Å²) in [5.74, 6) is -1.46. The highest BCUT2D eigenvalue weighted by molar-refractivity contribution is 6.31. The van der Waals surface area contributed by atoms with Crippen molar-refractivity contribution in [3.8, 4) is 0 Å². The van der Waals surface area contributed by atoms with E-state index in [1.165, 1.54) is 6.92 Å². The van der Waals surface area contributed by atoms with Crippen LogP contribution in [0.2, 0.25) is 5.02 Å². The summed E-state index contributed by atoms with van der Waals surface area (Å²) in [6.45, 7) is 1.52. The van der Waals surface area contributed by atoms with Gasteiger partial charge in [0.1, 0.15) is 16.7 Å². The van der Waals surface area contributed by atoms with Crippen LogP contribution in [0.3, 0.4) is 0 Å². The van der Waals surface area contributed by atoms with Gasteiger partial charge in [-0.3, -0.25) is 4.79 Å². The van der Waals surface area contributed by atoms with Crippen LogP contribution in [0.4, 0.5) is 8.78 Å². The summed E-state index contributed by atoms with van der Waals surface area (Å²) in [4.78, 5) is 14.1. The third kappa shape index (κ3) is 1.41. The molecule has 0 saturated heterocycles. The van der Waals surface area contributed by atoms with Gasteiger partial charge in [0.05, 0.1) is 10.9 Å². The number of hydrogen-bond acceptors (Lipinski definition) is 1. The van der Waals surface area contributed by atoms with Gasteiger partial charge < -0.3 is 4.98 Å². The Bertz CT molecular complexity index is 606. The first-order valence-electron chi connectivity index (χ1n) is 4.18. The van der Waals surface area contributed by atoms with Crippen LogP contribution in [0.5, 0.6) is 0 Å². The summed E-state index contributed by atoms with van der Waals surface area (Å²) in [7, 11) is 0. The Morgan fingerprint density at radius 2 is 1.87 bits per heavy atom. The highest BCUT2D eigenvalue weighted by Gasteiger charge is 2.13. The lowest BCUT2D eigenvalue weighted by Crippen LogP contribution is -2.09. The van der Waals surface area contributed by atoms with Crippen LogP contribution in [0.25, 0.3) is 10.9 Å². The zero-order valence-corrected chi connectivity index (χ0v) is 8.45. The lowest BCUT2D eigenvalue weighted by Gasteiger charge is -2.04. The van der Waals surface area contributed by atoms with Crippen molar-refractivity contribution in [3.05, 3.63) is 44.7 Å². The molecule has 2 aromatic rings. The number of H-pyrrole nitrogens is 1. The first kappa shape index (κ1) is 10.1. The number of aromatic amines is 1. The molecule has 5 heteroatoms. The fraction of sp³-hybridized carbons (Fsp3) is 0.100. The molecule has 1 aromatic heterocycles. The van der Waals surface area contributed by atoms with Gasteiger partial charge in [-0.25, -0.2) is 8.78 Å². The Hall–Kier alpha value is -1.42. The standard InChI is InChI=1S/C10H6ClF2NO/c1-4-8(11)10(15)7-5(12)2-3-6(13)9(7)14-4/h2-3H,1H3,(H,14,15). The van der Waals surface area contributed by atoms with Gasteiger partial charge in [-0.05, 0) is 19.1 Å². The Kier molecular flexibility index (Phi) is 2.23. The molecule has 0 aliphatic rings. The Balaban J connectivity index is 3.12. The summed E-state index contributed by atoms with van der Waals surface area (Å²) in [6, 6.07) is 1.86. The molecule has 2 nitrogen and oxygen atoms in total. The van der Waals surface area contributed by atoms with Crippen molar-refractivity contribution < 1.29 is 8.78 Å². The SMILES string of the molecule is Cc1[nH]c2c(F)ccc(F)c2c(=O)c1Cl. The van der Waals surface area contributed by atoms with Gasteiger partial charge >= 0.3 is 0 Å². The Morgan fingerprint density at radius 1 is 1.27 bits per heavy atom. The molecule has 1 heterocycles. The fourth-order valence-electron chi connectivity index (χ4n) is 1.42. The quantitative estimate of drug-likeness (QED) is 0.740. The van der Waals surface area contributed by atoms with E-state index < -0.39 is 17.1 Å². The molecule has 0 saturated carbocycles. The van der Waals surface area contributed by atoms with Crippen LogP contribution >= 0.6 is 11.6 Å². The predicted molar refractivity (Wildman–Crippen MR) is 54.2 cm³/mol. The maximum Gasteiger partial charge on any atom is 0.211 e. The Morgan fingerprint density at radius 3 is 2.53 bits per heavy atom. The maximum atomic E-state index is 13.3. The van der Waals surface area contributed by atoms with Gasteiger partial charge in [0.25, 0.3) is 0 Å². The van der Waals surface area contributed by atoms with Gasteiger partial charge in [-0.1, -0.05) is 11.6 Å². The summed E-state index contributed by atoms with van der Waals surface area (Å²) in [5, 5.41) is -0.461. The molecule has 0 aliphatic carbocycles. The zero-order valence-electron chi connectivity index (χ0n) is 7.70. The van der Waals surface area contributed by atoms with E-state index in [1.807, 2.05) is 0 Å². The van der Waals surface area contributed by atoms with E-state index in [9.17, 15) is 13.6 Å². The summed E-state index contributed by atoms with van der Waals surface area (Å²) < 4.78 is 26.6. The van der Waals surface area contributed by atoms with Crippen LogP contribution in [0.1, 0.15) is 5.69 Å². The number of nitrogens with one attached hydrogen (secondary N) is 1. The minimum Gasteiger partial charge on any atom is -0.355 e. The molecular weight excluding hydrogens is 224 g/mol. The number of aryl methyl sites for hydroxylation is 1. The highest BCUT2D eigenvalue weighted by atomic mass is 35.5. The minimum atomic E-state index is -0.783. The molecule has 0 amide bonds. The second-order valence-corrected chi connectivity index (χ2v) is 3.55. The average molecular weight is 230 g/mol. The molecule has 0 bridgehead atoms. The normalized spacial score (nSPS) is 10.9. The molecule has 0 fully saturated rings. The Labute approximate surface area is 88.5 Å². The van der Waals surface area contributed by atoms with Gasteiger partial charge in [0.15, 0.2) is 0 Å². The van der Waals surface area contributed by atoms with Crippen LogP contribution in [-0.2, 0) is 0 Å². The number of aromatic nitrogens is 1. The number of benzene rings is 1. The number of rotatable bonds is 0. The van der Waals surface area contributed by atoms with Crippen LogP contribution < -0.4 is 5.43 Å². The van der Waals surface area contributed by atoms with Gasteiger partial charge in [0, 0.05) is 5.69 Å². The maximum absolute atomic E-state index is 13.3. The molecule has 0 atom stereocenters. The molecule has 15 heavy (non-hydrogen) atoms. The smallest absolute Gasteiger partial charge is 0.211 e. The number of fused-ring (bicyclic) bond motifs is 1. The fourth-order valence-corrected chi connectivity index (χ4v) is 1.56. The van der Waals surface area contributed by atoms with E-state index in [0.29, 0.717) is 5.69 Å². The number of hydrogen-bond donors (Lipinski definition) is 1. The molecule has 2 rings (SSSR count). The van der Waals surface area contributed by atoms with E-state index in [0.717, 1.165) is 12.1 Å². The number of pyridine rings is 1. The van der Waals surface area contributed by atoms with Crippen molar-refractivity contribution in [2.45, 2.75) is 6.92 Å². The lowest BCUT2D eigenvalue weighted by atomic mass is 10.2. The van der Waals surface area contributed by atoms with Crippen LogP contribution in [0.15, 0.2) is 16.9 Å². The predicted octanol–water partition coefficient (Wildman–Crippen LogP) is 2.77. The molecule has 78 valence electrons. The van der Waals surface area contributed by atoms with E-state index in [-0.39, 0.29) is 15.9 Å². The molecule has 0 unspecified atom stereocenters. The summed E-state index contributed by atoms with van der Waals surface area (Å²) in [5.41, 5.74) is -0.527. The molecule has 0 spiro atoms. The first-order chi connectivity index (χ1) is 7.02. The molecule has 1 aromatic carbocycles. The van der Waals surface area contributed by atoms with E-state index >= 15 is 0 Å². The second kappa shape index (κ2) is 3.31. The molecule has 1 N–H and O–H groups in total. The lowest BCUT2D eigenvalue weighted by molar-refractivity contribution is 0.614. The first-order valence-corrected chi connectivity index (χ1v) is 4.56. The van der Waals surface area contributed by atoms with Gasteiger partial charge in [0.2, 0.25) is 5.43 Å². The average Bonchev–Trinajstić information content (AvgIpc) is 2.20. The monoisotopic (exact) mass is 229 g/mol. The third-order valence-electron chi connectivity index (χ3n) is 2.17. The minimum absolute atomic E-state index is 0.119. The van der Waals surface area contributed by atoms with Gasteiger partial charge in [-0.15, -0.1) is 0 Å². The van der Waals surface area contributed by atoms with Crippen molar-refractivity contribution in [2.24, 2.45) is 0 Å². The third-order valence-corrected chi connectivity index (χ3v) is 2.63. The zero-order chi connectivity index (χ0) is 11.2. The van der Waals surface area contributed by atoms with E-state index in [2.05, 4.69) is 4.98 Å². The topological polar surface area (TPSA) is 32.9 Å². The van der Waals surface area contributed by atoms with Crippen molar-refractivity contribution >= 4 is 22.5 Å².